The maximum Gasteiger partial charge on any atom is 0.200 e. The van der Waals surface area contributed by atoms with Crippen molar-refractivity contribution < 1.29 is 14.3 Å². The Hall–Kier alpha value is -2.36. The second-order valence-electron chi connectivity index (χ2n) is 3.82. The summed E-state index contributed by atoms with van der Waals surface area (Å²) in [5.41, 5.74) is 0.914. The van der Waals surface area contributed by atoms with E-state index in [2.05, 4.69) is 0 Å². The quantitative estimate of drug-likeness (QED) is 0.467. The molecule has 0 N–H and O–H groups in total. The predicted octanol–water partition coefficient (Wildman–Crippen LogP) is 1.75. The number of methoxy groups -OCH3 is 1. The molecule has 0 saturated carbocycles. The fourth-order valence-electron chi connectivity index (χ4n) is 1.74. The Morgan fingerprint density at radius 3 is 2.67 bits per heavy atom. The van der Waals surface area contributed by atoms with Crippen LogP contribution in [0.15, 0.2) is 48.7 Å². The average molecular weight is 243 g/mol. The van der Waals surface area contributed by atoms with Crippen molar-refractivity contribution in [3.63, 3.8) is 0 Å². The fraction of sp³-hybridized carbons (Fsp3) is 0.143. The van der Waals surface area contributed by atoms with Crippen LogP contribution in [0.4, 0.5) is 0 Å². The summed E-state index contributed by atoms with van der Waals surface area (Å²) >= 11 is 0. The summed E-state index contributed by atoms with van der Waals surface area (Å²) in [4.78, 5) is 12.1. The Kier molecular flexibility index (Phi) is 3.57. The SMILES string of the molecule is COc1ccccc1C(=O)Cc1cccc[n+]1[O-]. The van der Waals surface area contributed by atoms with E-state index in [0.29, 0.717) is 21.7 Å². The topological polar surface area (TPSA) is 53.2 Å². The zero-order chi connectivity index (χ0) is 13.0. The highest BCUT2D eigenvalue weighted by molar-refractivity contribution is 5.99. The van der Waals surface area contributed by atoms with Gasteiger partial charge in [-0.05, 0) is 18.2 Å². The molecule has 0 radical (unpaired) electrons. The lowest BCUT2D eigenvalue weighted by Crippen LogP contribution is -2.32. The van der Waals surface area contributed by atoms with Gasteiger partial charge in [-0.3, -0.25) is 4.79 Å². The smallest absolute Gasteiger partial charge is 0.200 e. The van der Waals surface area contributed by atoms with Crippen LogP contribution < -0.4 is 9.47 Å². The Morgan fingerprint density at radius 2 is 1.94 bits per heavy atom. The van der Waals surface area contributed by atoms with Crippen LogP contribution in [0.25, 0.3) is 0 Å². The highest BCUT2D eigenvalue weighted by Crippen LogP contribution is 2.18. The Labute approximate surface area is 105 Å². The molecule has 0 aliphatic carbocycles. The minimum Gasteiger partial charge on any atom is -0.618 e. The molecule has 2 rings (SSSR count). The lowest BCUT2D eigenvalue weighted by atomic mass is 10.1. The third-order valence-electron chi connectivity index (χ3n) is 2.65. The summed E-state index contributed by atoms with van der Waals surface area (Å²) < 4.78 is 5.83. The van der Waals surface area contributed by atoms with Gasteiger partial charge in [0.05, 0.1) is 19.1 Å². The van der Waals surface area contributed by atoms with Crippen LogP contribution in [0, 0.1) is 5.21 Å². The molecule has 1 heterocycles. The molecule has 18 heavy (non-hydrogen) atoms. The fourth-order valence-corrected chi connectivity index (χ4v) is 1.74. The van der Waals surface area contributed by atoms with Gasteiger partial charge in [0.1, 0.15) is 5.75 Å². The molecule has 4 nitrogen and oxygen atoms in total. The normalized spacial score (nSPS) is 10.1. The van der Waals surface area contributed by atoms with E-state index in [1.54, 1.807) is 42.5 Å². The summed E-state index contributed by atoms with van der Waals surface area (Å²) in [5, 5.41) is 11.5. The third kappa shape index (κ3) is 2.48. The van der Waals surface area contributed by atoms with Gasteiger partial charge in [-0.25, -0.2) is 0 Å². The van der Waals surface area contributed by atoms with Crippen molar-refractivity contribution >= 4 is 5.78 Å². The first kappa shape index (κ1) is 12.1. The number of carbonyl (C=O) groups excluding carboxylic acids is 1. The molecule has 92 valence electrons. The monoisotopic (exact) mass is 243 g/mol. The number of aromatic nitrogens is 1. The number of pyridine rings is 1. The van der Waals surface area contributed by atoms with Crippen molar-refractivity contribution in [3.8, 4) is 5.75 Å². The van der Waals surface area contributed by atoms with Crippen LogP contribution in [-0.2, 0) is 6.42 Å². The number of ketones is 1. The van der Waals surface area contributed by atoms with Crippen molar-refractivity contribution in [2.24, 2.45) is 0 Å². The van der Waals surface area contributed by atoms with Gasteiger partial charge in [0.25, 0.3) is 0 Å². The number of hydrogen-bond acceptors (Lipinski definition) is 3. The zero-order valence-electron chi connectivity index (χ0n) is 10.00. The molecule has 0 atom stereocenters. The Morgan fingerprint density at radius 1 is 1.22 bits per heavy atom. The number of nitrogens with zero attached hydrogens (tertiary/aromatic N) is 1. The molecule has 1 aromatic heterocycles. The van der Waals surface area contributed by atoms with Gasteiger partial charge in [0.15, 0.2) is 12.0 Å². The second-order valence-corrected chi connectivity index (χ2v) is 3.82. The number of carbonyl (C=O) groups is 1. The van der Waals surface area contributed by atoms with E-state index in [0.717, 1.165) is 0 Å². The Balaban J connectivity index is 2.25. The minimum absolute atomic E-state index is 0.0602. The van der Waals surface area contributed by atoms with Crippen LogP contribution >= 0.6 is 0 Å². The molecule has 0 spiro atoms. The molecular formula is C14H13NO3. The van der Waals surface area contributed by atoms with Gasteiger partial charge >= 0.3 is 0 Å². The van der Waals surface area contributed by atoms with E-state index < -0.39 is 0 Å². The molecular weight excluding hydrogens is 230 g/mol. The number of para-hydroxylation sites is 1. The summed E-state index contributed by atoms with van der Waals surface area (Å²) in [7, 11) is 1.52. The maximum absolute atomic E-state index is 12.1. The van der Waals surface area contributed by atoms with Gasteiger partial charge < -0.3 is 9.94 Å². The molecule has 0 unspecified atom stereocenters. The average Bonchev–Trinajstić information content (AvgIpc) is 2.41. The number of rotatable bonds is 4. The molecule has 0 bridgehead atoms. The third-order valence-corrected chi connectivity index (χ3v) is 2.65. The molecule has 2 aromatic rings. The van der Waals surface area contributed by atoms with E-state index in [1.807, 2.05) is 0 Å². The van der Waals surface area contributed by atoms with Gasteiger partial charge in [-0.2, -0.15) is 4.73 Å². The minimum atomic E-state index is -0.136. The summed E-state index contributed by atoms with van der Waals surface area (Å²) in [6, 6.07) is 12.0. The molecule has 4 heteroatoms. The number of hydrogen-bond donors (Lipinski definition) is 0. The van der Waals surface area contributed by atoms with Crippen LogP contribution in [0.1, 0.15) is 16.1 Å². The largest absolute Gasteiger partial charge is 0.618 e. The molecule has 0 fully saturated rings. The number of Topliss-reactive ketones (excluding diaryl/α,β-unsaturated/α-hetero) is 1. The van der Waals surface area contributed by atoms with E-state index in [4.69, 9.17) is 4.74 Å². The van der Waals surface area contributed by atoms with Crippen molar-refractivity contribution in [1.82, 2.24) is 0 Å². The lowest BCUT2D eigenvalue weighted by Gasteiger charge is -2.07. The highest BCUT2D eigenvalue weighted by atomic mass is 16.5. The van der Waals surface area contributed by atoms with Crippen LogP contribution in [0.2, 0.25) is 0 Å². The summed E-state index contributed by atoms with van der Waals surface area (Å²) in [6.07, 6.45) is 1.44. The van der Waals surface area contributed by atoms with Crippen LogP contribution in [0.5, 0.6) is 5.75 Å². The summed E-state index contributed by atoms with van der Waals surface area (Å²) in [6.45, 7) is 0. The predicted molar refractivity (Wildman–Crippen MR) is 66.4 cm³/mol. The van der Waals surface area contributed by atoms with Gasteiger partial charge in [0, 0.05) is 12.1 Å². The van der Waals surface area contributed by atoms with Crippen molar-refractivity contribution in [1.29, 1.82) is 0 Å². The second kappa shape index (κ2) is 5.31. The molecule has 0 saturated heterocycles. The Bertz CT molecular complexity index is 566. The van der Waals surface area contributed by atoms with Gasteiger partial charge in [-0.1, -0.05) is 12.1 Å². The lowest BCUT2D eigenvalue weighted by molar-refractivity contribution is -0.613. The van der Waals surface area contributed by atoms with Crippen LogP contribution in [-0.4, -0.2) is 12.9 Å². The standard InChI is InChI=1S/C14H13NO3/c1-18-14-8-3-2-7-12(14)13(16)10-11-6-4-5-9-15(11)17/h2-9H,10H2,1H3. The molecule has 0 aliphatic rings. The van der Waals surface area contributed by atoms with Crippen molar-refractivity contribution in [2.45, 2.75) is 6.42 Å². The van der Waals surface area contributed by atoms with Gasteiger partial charge in [0.2, 0.25) is 5.69 Å². The number of benzene rings is 1. The first-order valence-electron chi connectivity index (χ1n) is 5.55. The van der Waals surface area contributed by atoms with E-state index >= 15 is 0 Å². The van der Waals surface area contributed by atoms with Crippen molar-refractivity contribution in [2.75, 3.05) is 7.11 Å². The molecule has 1 aromatic carbocycles. The van der Waals surface area contributed by atoms with E-state index in [9.17, 15) is 10.0 Å². The molecule has 0 amide bonds. The van der Waals surface area contributed by atoms with Gasteiger partial charge in [-0.15, -0.1) is 0 Å². The number of ether oxygens (including phenoxy) is 1. The maximum atomic E-state index is 12.1. The zero-order valence-corrected chi connectivity index (χ0v) is 10.00. The first-order chi connectivity index (χ1) is 8.72. The van der Waals surface area contributed by atoms with E-state index in [1.165, 1.54) is 13.3 Å². The first-order valence-corrected chi connectivity index (χ1v) is 5.55. The van der Waals surface area contributed by atoms with Crippen molar-refractivity contribution in [3.05, 3.63) is 65.1 Å². The summed E-state index contributed by atoms with van der Waals surface area (Å²) in [5.74, 6) is 0.388. The van der Waals surface area contributed by atoms with E-state index in [-0.39, 0.29) is 12.2 Å². The highest BCUT2D eigenvalue weighted by Gasteiger charge is 2.16. The van der Waals surface area contributed by atoms with Crippen LogP contribution in [0.3, 0.4) is 0 Å². The molecule has 0 aliphatic heterocycles.